The van der Waals surface area contributed by atoms with Crippen molar-refractivity contribution in [3.8, 4) is 0 Å². The van der Waals surface area contributed by atoms with E-state index in [0.29, 0.717) is 55.7 Å². The van der Waals surface area contributed by atoms with Crippen LogP contribution >= 0.6 is 0 Å². The van der Waals surface area contributed by atoms with Crippen LogP contribution in [0, 0.1) is 6.92 Å². The second-order valence-corrected chi connectivity index (χ2v) is 17.2. The Kier molecular flexibility index (Phi) is 19.3. The molecular formula is C44H60N8O9S. The van der Waals surface area contributed by atoms with Gasteiger partial charge in [-0.25, -0.2) is 18.0 Å². The molecule has 1 aliphatic rings. The standard InChI is InChI=1S/C44H60N8O9S/c1-31-14-8-9-17-35(31)50-44(59)48-33-23-21-32(22-24-33)30-40(54)51(2)37(18-10-12-27-46-39(53)20-7-4-11-26-45)41(55)47-28-25-36(43(57)58)49-42(56)38-19-13-29-52(38)62(60,61)34-15-5-3-6-16-34/h3,5-6,8-9,14-17,21-24,36-38H,4,7,10-13,18-20,25-30,45H2,1-2H3,(H,46,53)(H,47,55)(H,49,56)(H,57,58)(H2,48,50,59)/t36-,37-,38?/m0/s1. The van der Waals surface area contributed by atoms with Gasteiger partial charge in [0.15, 0.2) is 0 Å². The molecule has 17 nitrogen and oxygen atoms in total. The van der Waals surface area contributed by atoms with Crippen molar-refractivity contribution < 1.29 is 42.3 Å². The lowest BCUT2D eigenvalue weighted by atomic mass is 10.0. The fraction of sp³-hybridized carbons (Fsp3) is 0.455. The second-order valence-electron chi connectivity index (χ2n) is 15.3. The van der Waals surface area contributed by atoms with Gasteiger partial charge in [-0.3, -0.25) is 19.2 Å². The van der Waals surface area contributed by atoms with Crippen LogP contribution in [0.3, 0.4) is 0 Å². The summed E-state index contributed by atoms with van der Waals surface area (Å²) in [5.74, 6) is -3.08. The zero-order valence-electron chi connectivity index (χ0n) is 35.4. The number of para-hydroxylation sites is 1. The van der Waals surface area contributed by atoms with Gasteiger partial charge < -0.3 is 42.3 Å². The van der Waals surface area contributed by atoms with E-state index in [2.05, 4.69) is 26.6 Å². The molecule has 0 aromatic heterocycles. The van der Waals surface area contributed by atoms with Crippen LogP contribution in [0.2, 0.25) is 0 Å². The van der Waals surface area contributed by atoms with Crippen molar-refractivity contribution >= 4 is 57.0 Å². The number of aliphatic carboxylic acids is 1. The van der Waals surface area contributed by atoms with Crippen molar-refractivity contribution in [2.24, 2.45) is 5.73 Å². The summed E-state index contributed by atoms with van der Waals surface area (Å²) < 4.78 is 27.7. The number of nitrogens with zero attached hydrogens (tertiary/aromatic N) is 2. The molecule has 0 spiro atoms. The third kappa shape index (κ3) is 15.0. The fourth-order valence-electron chi connectivity index (χ4n) is 7.06. The first-order valence-electron chi connectivity index (χ1n) is 21.0. The van der Waals surface area contributed by atoms with Crippen LogP contribution in [0.1, 0.15) is 75.3 Å². The zero-order chi connectivity index (χ0) is 45.1. The number of anilines is 2. The van der Waals surface area contributed by atoms with E-state index in [-0.39, 0.29) is 55.5 Å². The Morgan fingerprint density at radius 2 is 1.55 bits per heavy atom. The molecule has 1 aliphatic heterocycles. The molecule has 4 rings (SSSR count). The average Bonchev–Trinajstić information content (AvgIpc) is 3.76. The molecule has 336 valence electrons. The minimum absolute atomic E-state index is 0.0277. The number of amides is 6. The number of carboxylic acids is 1. The first-order chi connectivity index (χ1) is 29.7. The summed E-state index contributed by atoms with van der Waals surface area (Å²) in [6, 6.07) is 17.9. The maximum absolute atomic E-state index is 13.7. The summed E-state index contributed by atoms with van der Waals surface area (Å²) in [5.41, 5.74) is 8.25. The van der Waals surface area contributed by atoms with Crippen LogP contribution in [0.4, 0.5) is 16.2 Å². The normalized spacial score (nSPS) is 14.9. The van der Waals surface area contributed by atoms with Crippen LogP contribution in [-0.2, 0) is 40.4 Å². The van der Waals surface area contributed by atoms with E-state index in [1.54, 1.807) is 48.5 Å². The lowest BCUT2D eigenvalue weighted by Gasteiger charge is -2.28. The number of carboxylic acid groups (broad SMARTS) is 1. The Morgan fingerprint density at radius 1 is 0.839 bits per heavy atom. The predicted octanol–water partition coefficient (Wildman–Crippen LogP) is 3.74. The van der Waals surface area contributed by atoms with E-state index in [0.717, 1.165) is 29.1 Å². The van der Waals surface area contributed by atoms with E-state index in [9.17, 15) is 42.3 Å². The Labute approximate surface area is 363 Å². The lowest BCUT2D eigenvalue weighted by molar-refractivity contribution is -0.142. The predicted molar refractivity (Wildman–Crippen MR) is 235 cm³/mol. The molecule has 0 radical (unpaired) electrons. The zero-order valence-corrected chi connectivity index (χ0v) is 36.3. The van der Waals surface area contributed by atoms with Crippen LogP contribution < -0.4 is 32.3 Å². The third-order valence-electron chi connectivity index (χ3n) is 10.7. The van der Waals surface area contributed by atoms with Crippen LogP contribution in [0.25, 0.3) is 0 Å². The quantitative estimate of drug-likeness (QED) is 0.0643. The number of sulfonamides is 1. The van der Waals surface area contributed by atoms with Crippen LogP contribution in [0.15, 0.2) is 83.8 Å². The van der Waals surface area contributed by atoms with E-state index in [1.165, 1.54) is 24.1 Å². The molecular weight excluding hydrogens is 817 g/mol. The summed E-state index contributed by atoms with van der Waals surface area (Å²) in [6.45, 7) is 2.78. The van der Waals surface area contributed by atoms with E-state index in [4.69, 9.17) is 5.73 Å². The van der Waals surface area contributed by atoms with Gasteiger partial charge in [-0.2, -0.15) is 4.31 Å². The van der Waals surface area contributed by atoms with E-state index in [1.807, 2.05) is 25.1 Å². The molecule has 3 atom stereocenters. The molecule has 1 fully saturated rings. The number of hydrogen-bond donors (Lipinski definition) is 7. The van der Waals surface area contributed by atoms with Gasteiger partial charge in [0.05, 0.1) is 11.3 Å². The molecule has 3 aromatic carbocycles. The van der Waals surface area contributed by atoms with Gasteiger partial charge in [-0.05, 0) is 106 Å². The summed E-state index contributed by atoms with van der Waals surface area (Å²) in [4.78, 5) is 79.1. The smallest absolute Gasteiger partial charge is 0.326 e. The van der Waals surface area contributed by atoms with Crippen molar-refractivity contribution in [2.75, 3.05) is 43.9 Å². The van der Waals surface area contributed by atoms with Gasteiger partial charge in [-0.1, -0.05) is 55.0 Å². The molecule has 3 aromatic rings. The topological polar surface area (TPSA) is 249 Å². The number of aryl methyl sites for hydroxylation is 1. The largest absolute Gasteiger partial charge is 0.480 e. The molecule has 1 saturated heterocycles. The van der Waals surface area contributed by atoms with E-state index < -0.39 is 52.0 Å². The number of nitrogens with two attached hydrogens (primary N) is 1. The summed E-state index contributed by atoms with van der Waals surface area (Å²) in [7, 11) is -2.49. The van der Waals surface area contributed by atoms with Crippen LogP contribution in [-0.4, -0.2) is 110 Å². The monoisotopic (exact) mass is 876 g/mol. The highest BCUT2D eigenvalue weighted by molar-refractivity contribution is 7.89. The maximum atomic E-state index is 13.7. The molecule has 18 heteroatoms. The fourth-order valence-corrected chi connectivity index (χ4v) is 8.74. The molecule has 1 heterocycles. The van der Waals surface area contributed by atoms with Gasteiger partial charge in [0.25, 0.3) is 0 Å². The highest BCUT2D eigenvalue weighted by Crippen LogP contribution is 2.26. The number of rotatable bonds is 24. The minimum Gasteiger partial charge on any atom is -0.480 e. The molecule has 8 N–H and O–H groups in total. The maximum Gasteiger partial charge on any atom is 0.326 e. The van der Waals surface area contributed by atoms with Gasteiger partial charge in [0.1, 0.15) is 18.1 Å². The van der Waals surface area contributed by atoms with Gasteiger partial charge in [0, 0.05) is 44.5 Å². The summed E-state index contributed by atoms with van der Waals surface area (Å²) in [5, 5.41) is 23.6. The Hall–Kier alpha value is -5.85. The van der Waals surface area contributed by atoms with Gasteiger partial charge in [0.2, 0.25) is 33.7 Å². The van der Waals surface area contributed by atoms with Gasteiger partial charge in [-0.15, -0.1) is 0 Å². The SMILES string of the molecule is Cc1ccccc1NC(=O)Nc1ccc(CC(=O)N(C)[C@@H](CCCCNC(=O)CCCCCN)C(=O)NCC[C@H](NC(=O)C2CCCN2S(=O)(=O)c2ccccc2)C(=O)O)cc1. The number of carbonyl (C=O) groups excluding carboxylic acids is 5. The van der Waals surface area contributed by atoms with Gasteiger partial charge >= 0.3 is 12.0 Å². The molecule has 62 heavy (non-hydrogen) atoms. The lowest BCUT2D eigenvalue weighted by Crippen LogP contribution is -2.52. The molecule has 0 aliphatic carbocycles. The number of benzene rings is 3. The van der Waals surface area contributed by atoms with Crippen molar-refractivity contribution in [3.05, 3.63) is 90.0 Å². The Balaban J connectivity index is 1.35. The Bertz CT molecular complexity index is 2090. The third-order valence-corrected chi connectivity index (χ3v) is 12.6. The number of urea groups is 1. The van der Waals surface area contributed by atoms with Crippen LogP contribution in [0.5, 0.6) is 0 Å². The highest BCUT2D eigenvalue weighted by atomic mass is 32.2. The van der Waals surface area contributed by atoms with Crippen molar-refractivity contribution in [1.82, 2.24) is 25.2 Å². The number of carbonyl (C=O) groups is 6. The minimum atomic E-state index is -4.01. The number of nitrogens with one attached hydrogen (secondary N) is 5. The Morgan fingerprint density at radius 3 is 2.24 bits per heavy atom. The van der Waals surface area contributed by atoms with Crippen molar-refractivity contribution in [1.29, 1.82) is 0 Å². The second kappa shape index (κ2) is 24.6. The first kappa shape index (κ1) is 48.8. The summed E-state index contributed by atoms with van der Waals surface area (Å²) in [6.07, 6.45) is 4.48. The first-order valence-corrected chi connectivity index (χ1v) is 22.5. The summed E-state index contributed by atoms with van der Waals surface area (Å²) >= 11 is 0. The molecule has 0 saturated carbocycles. The van der Waals surface area contributed by atoms with Crippen molar-refractivity contribution in [3.63, 3.8) is 0 Å². The number of likely N-dealkylation sites (N-methyl/N-ethyl adjacent to an activating group) is 1. The molecule has 1 unspecified atom stereocenters. The number of unbranched alkanes of at least 4 members (excludes halogenated alkanes) is 3. The highest BCUT2D eigenvalue weighted by Gasteiger charge is 2.40. The average molecular weight is 877 g/mol. The van der Waals surface area contributed by atoms with Crippen molar-refractivity contribution in [2.45, 2.75) is 101 Å². The molecule has 0 bridgehead atoms. The number of hydrogen-bond acceptors (Lipinski definition) is 9. The molecule has 6 amide bonds. The van der Waals surface area contributed by atoms with E-state index >= 15 is 0 Å².